The largest absolute Gasteiger partial charge is 0.573 e. The van der Waals surface area contributed by atoms with Crippen molar-refractivity contribution in [2.24, 2.45) is 5.92 Å². The molecule has 0 fully saturated rings. The van der Waals surface area contributed by atoms with Crippen molar-refractivity contribution in [3.8, 4) is 5.75 Å². The van der Waals surface area contributed by atoms with Crippen molar-refractivity contribution in [3.63, 3.8) is 0 Å². The van der Waals surface area contributed by atoms with Crippen LogP contribution in [-0.2, 0) is 12.8 Å². The lowest BCUT2D eigenvalue weighted by molar-refractivity contribution is -0.274. The minimum absolute atomic E-state index is 0.110. The Hall–Kier alpha value is -1.19. The van der Waals surface area contributed by atoms with Crippen molar-refractivity contribution in [2.45, 2.75) is 32.5 Å². The zero-order valence-corrected chi connectivity index (χ0v) is 8.97. The predicted octanol–water partition coefficient (Wildman–Crippen LogP) is 3.71. The summed E-state index contributed by atoms with van der Waals surface area (Å²) in [6, 6.07) is 4.64. The third-order valence-electron chi connectivity index (χ3n) is 2.89. The topological polar surface area (TPSA) is 9.23 Å². The summed E-state index contributed by atoms with van der Waals surface area (Å²) in [6.45, 7) is 2.16. The number of fused-ring (bicyclic) bond motifs is 1. The van der Waals surface area contributed by atoms with Crippen molar-refractivity contribution in [1.82, 2.24) is 0 Å². The van der Waals surface area contributed by atoms with Gasteiger partial charge in [-0.3, -0.25) is 0 Å². The Morgan fingerprint density at radius 1 is 1.25 bits per heavy atom. The third-order valence-corrected chi connectivity index (χ3v) is 2.89. The van der Waals surface area contributed by atoms with Crippen LogP contribution in [0, 0.1) is 5.92 Å². The highest BCUT2D eigenvalue weighted by Crippen LogP contribution is 2.30. The Bertz CT molecular complexity index is 384. The van der Waals surface area contributed by atoms with Gasteiger partial charge in [-0.15, -0.1) is 13.2 Å². The molecule has 1 unspecified atom stereocenters. The number of hydrogen-bond donors (Lipinski definition) is 0. The molecule has 4 heteroatoms. The average molecular weight is 230 g/mol. The highest BCUT2D eigenvalue weighted by molar-refractivity contribution is 5.37. The molecule has 0 aliphatic heterocycles. The number of ether oxygens (including phenoxy) is 1. The normalized spacial score (nSPS) is 20.4. The maximum atomic E-state index is 12.0. The second kappa shape index (κ2) is 4.00. The second-order valence-corrected chi connectivity index (χ2v) is 4.33. The monoisotopic (exact) mass is 230 g/mol. The smallest absolute Gasteiger partial charge is 0.406 e. The van der Waals surface area contributed by atoms with E-state index < -0.39 is 6.36 Å². The first-order valence-electron chi connectivity index (χ1n) is 5.31. The number of aryl methyl sites for hydroxylation is 1. The SMILES string of the molecule is CC1CCc2cc(OC(F)(F)F)ccc2C1. The molecule has 16 heavy (non-hydrogen) atoms. The fourth-order valence-electron chi connectivity index (χ4n) is 2.11. The van der Waals surface area contributed by atoms with Gasteiger partial charge in [-0.1, -0.05) is 13.0 Å². The Labute approximate surface area is 92.2 Å². The highest BCUT2D eigenvalue weighted by Gasteiger charge is 2.31. The summed E-state index contributed by atoms with van der Waals surface area (Å²) < 4.78 is 39.9. The molecule has 1 atom stereocenters. The number of rotatable bonds is 1. The first-order valence-corrected chi connectivity index (χ1v) is 5.31. The molecule has 0 amide bonds. The van der Waals surface area contributed by atoms with Gasteiger partial charge in [-0.25, -0.2) is 0 Å². The van der Waals surface area contributed by atoms with E-state index in [0.717, 1.165) is 30.4 Å². The first-order chi connectivity index (χ1) is 7.44. The molecule has 88 valence electrons. The molecule has 0 N–H and O–H groups in total. The van der Waals surface area contributed by atoms with E-state index in [2.05, 4.69) is 11.7 Å². The summed E-state index contributed by atoms with van der Waals surface area (Å²) in [5, 5.41) is 0. The molecule has 2 rings (SSSR count). The first kappa shape index (κ1) is 11.3. The molecule has 0 saturated heterocycles. The van der Waals surface area contributed by atoms with Crippen LogP contribution in [0.15, 0.2) is 18.2 Å². The summed E-state index contributed by atoms with van der Waals surface area (Å²) in [7, 11) is 0. The highest BCUT2D eigenvalue weighted by atomic mass is 19.4. The van der Waals surface area contributed by atoms with Gasteiger partial charge in [0, 0.05) is 0 Å². The van der Waals surface area contributed by atoms with Crippen LogP contribution in [-0.4, -0.2) is 6.36 Å². The van der Waals surface area contributed by atoms with E-state index in [9.17, 15) is 13.2 Å². The van der Waals surface area contributed by atoms with Gasteiger partial charge in [0.25, 0.3) is 0 Å². The van der Waals surface area contributed by atoms with Gasteiger partial charge in [-0.05, 0) is 48.4 Å². The maximum absolute atomic E-state index is 12.0. The van der Waals surface area contributed by atoms with Crippen LogP contribution in [0.5, 0.6) is 5.75 Å². The lowest BCUT2D eigenvalue weighted by atomic mass is 9.85. The lowest BCUT2D eigenvalue weighted by Gasteiger charge is -2.22. The van der Waals surface area contributed by atoms with Gasteiger partial charge in [0.1, 0.15) is 5.75 Å². The lowest BCUT2D eigenvalue weighted by Crippen LogP contribution is -2.18. The van der Waals surface area contributed by atoms with Gasteiger partial charge in [-0.2, -0.15) is 0 Å². The minimum Gasteiger partial charge on any atom is -0.406 e. The van der Waals surface area contributed by atoms with Gasteiger partial charge in [0.05, 0.1) is 0 Å². The predicted molar refractivity (Wildman–Crippen MR) is 54.3 cm³/mol. The minimum atomic E-state index is -4.60. The molecule has 1 aromatic carbocycles. The van der Waals surface area contributed by atoms with E-state index in [4.69, 9.17) is 0 Å². The molecule has 1 nitrogen and oxygen atoms in total. The van der Waals surface area contributed by atoms with Crippen molar-refractivity contribution in [1.29, 1.82) is 0 Å². The van der Waals surface area contributed by atoms with Gasteiger partial charge < -0.3 is 4.74 Å². The standard InChI is InChI=1S/C12H13F3O/c1-8-2-3-10-7-11(16-12(13,14)15)5-4-9(10)6-8/h4-5,7-8H,2-3,6H2,1H3. The van der Waals surface area contributed by atoms with Crippen molar-refractivity contribution >= 4 is 0 Å². The van der Waals surface area contributed by atoms with E-state index in [0.29, 0.717) is 5.92 Å². The van der Waals surface area contributed by atoms with Crippen LogP contribution in [0.4, 0.5) is 13.2 Å². The molecule has 1 aliphatic rings. The fraction of sp³-hybridized carbons (Fsp3) is 0.500. The van der Waals surface area contributed by atoms with E-state index in [-0.39, 0.29) is 5.75 Å². The van der Waals surface area contributed by atoms with Crippen molar-refractivity contribution < 1.29 is 17.9 Å². The zero-order valence-electron chi connectivity index (χ0n) is 8.97. The Morgan fingerprint density at radius 2 is 2.00 bits per heavy atom. The van der Waals surface area contributed by atoms with E-state index in [1.165, 1.54) is 12.1 Å². The molecule has 0 bridgehead atoms. The Kier molecular flexibility index (Phi) is 2.82. The van der Waals surface area contributed by atoms with Crippen LogP contribution in [0.25, 0.3) is 0 Å². The van der Waals surface area contributed by atoms with Crippen LogP contribution < -0.4 is 4.74 Å². The molecule has 0 spiro atoms. The van der Waals surface area contributed by atoms with Crippen LogP contribution in [0.3, 0.4) is 0 Å². The van der Waals surface area contributed by atoms with Crippen LogP contribution in [0.1, 0.15) is 24.5 Å². The van der Waals surface area contributed by atoms with Gasteiger partial charge in [0.2, 0.25) is 0 Å². The summed E-state index contributed by atoms with van der Waals surface area (Å²) in [6.07, 6.45) is -1.79. The van der Waals surface area contributed by atoms with Crippen LogP contribution in [0.2, 0.25) is 0 Å². The average Bonchev–Trinajstić information content (AvgIpc) is 2.16. The second-order valence-electron chi connectivity index (χ2n) is 4.33. The molecule has 0 saturated carbocycles. The quantitative estimate of drug-likeness (QED) is 0.714. The summed E-state index contributed by atoms with van der Waals surface area (Å²) in [5.74, 6) is 0.502. The van der Waals surface area contributed by atoms with Crippen molar-refractivity contribution in [3.05, 3.63) is 29.3 Å². The van der Waals surface area contributed by atoms with Crippen molar-refractivity contribution in [2.75, 3.05) is 0 Å². The molecule has 0 radical (unpaired) electrons. The molecule has 0 aromatic heterocycles. The number of benzene rings is 1. The van der Waals surface area contributed by atoms with Gasteiger partial charge >= 0.3 is 6.36 Å². The number of hydrogen-bond acceptors (Lipinski definition) is 1. The zero-order chi connectivity index (χ0) is 11.8. The maximum Gasteiger partial charge on any atom is 0.573 e. The summed E-state index contributed by atoms with van der Waals surface area (Å²) in [5.41, 5.74) is 2.13. The van der Waals surface area contributed by atoms with E-state index in [1.54, 1.807) is 6.07 Å². The van der Waals surface area contributed by atoms with Crippen LogP contribution >= 0.6 is 0 Å². The third kappa shape index (κ3) is 2.68. The van der Waals surface area contributed by atoms with E-state index >= 15 is 0 Å². The molecular weight excluding hydrogens is 217 g/mol. The molecule has 1 aliphatic carbocycles. The fourth-order valence-corrected chi connectivity index (χ4v) is 2.11. The Morgan fingerprint density at radius 3 is 2.69 bits per heavy atom. The number of halogens is 3. The molecular formula is C12H13F3O. The molecule has 0 heterocycles. The Balaban J connectivity index is 2.20. The summed E-state index contributed by atoms with van der Waals surface area (Å²) >= 11 is 0. The van der Waals surface area contributed by atoms with Gasteiger partial charge in [0.15, 0.2) is 0 Å². The summed E-state index contributed by atoms with van der Waals surface area (Å²) in [4.78, 5) is 0. The van der Waals surface area contributed by atoms with E-state index in [1.807, 2.05) is 0 Å². The molecule has 1 aromatic rings. The number of alkyl halides is 3.